The van der Waals surface area contributed by atoms with E-state index in [-0.39, 0.29) is 11.9 Å². The molecule has 0 bridgehead atoms. The lowest BCUT2D eigenvalue weighted by Crippen LogP contribution is -2.23. The van der Waals surface area contributed by atoms with Crippen LogP contribution in [0.5, 0.6) is 0 Å². The van der Waals surface area contributed by atoms with E-state index in [1.807, 2.05) is 13.0 Å². The van der Waals surface area contributed by atoms with Crippen molar-refractivity contribution in [1.82, 2.24) is 0 Å². The Morgan fingerprint density at radius 2 is 1.70 bits per heavy atom. The van der Waals surface area contributed by atoms with Gasteiger partial charge in [-0.15, -0.1) is 0 Å². The molecule has 0 fully saturated rings. The average molecular weight is 279 g/mol. The third kappa shape index (κ3) is 7.04. The second-order valence-electron chi connectivity index (χ2n) is 5.95. The van der Waals surface area contributed by atoms with Gasteiger partial charge in [-0.05, 0) is 43.0 Å². The molecule has 1 aromatic carbocycles. The van der Waals surface area contributed by atoms with E-state index >= 15 is 0 Å². The minimum atomic E-state index is -0.160. The first kappa shape index (κ1) is 17.2. The van der Waals surface area contributed by atoms with Gasteiger partial charge in [-0.3, -0.25) is 0 Å². The molecule has 2 N–H and O–H groups in total. The average Bonchev–Trinajstić information content (AvgIpc) is 2.41. The number of rotatable bonds is 10. The SMILES string of the molecule is CCCCCCCCCC(N)Cc1ccc(F)cc1C. The van der Waals surface area contributed by atoms with Crippen molar-refractivity contribution in [3.8, 4) is 0 Å². The van der Waals surface area contributed by atoms with Gasteiger partial charge in [0.2, 0.25) is 0 Å². The summed E-state index contributed by atoms with van der Waals surface area (Å²) in [6.45, 7) is 4.20. The minimum absolute atomic E-state index is 0.160. The Morgan fingerprint density at radius 1 is 1.05 bits per heavy atom. The van der Waals surface area contributed by atoms with E-state index in [1.165, 1.54) is 56.6 Å². The summed E-state index contributed by atoms with van der Waals surface area (Å²) in [5.41, 5.74) is 8.38. The zero-order valence-corrected chi connectivity index (χ0v) is 13.1. The third-order valence-corrected chi connectivity index (χ3v) is 3.97. The molecule has 0 aliphatic rings. The predicted octanol–water partition coefficient (Wildman–Crippen LogP) is 5.14. The molecule has 2 heteroatoms. The topological polar surface area (TPSA) is 26.0 Å². The summed E-state index contributed by atoms with van der Waals surface area (Å²) in [7, 11) is 0. The molecule has 0 saturated carbocycles. The summed E-state index contributed by atoms with van der Waals surface area (Å²) in [6, 6.07) is 5.20. The van der Waals surface area contributed by atoms with Crippen molar-refractivity contribution in [2.24, 2.45) is 5.73 Å². The van der Waals surface area contributed by atoms with Gasteiger partial charge in [0.1, 0.15) is 5.82 Å². The van der Waals surface area contributed by atoms with Crippen molar-refractivity contribution in [2.75, 3.05) is 0 Å². The van der Waals surface area contributed by atoms with Crippen molar-refractivity contribution in [2.45, 2.75) is 77.7 Å². The van der Waals surface area contributed by atoms with E-state index in [4.69, 9.17) is 5.73 Å². The molecule has 0 radical (unpaired) electrons. The van der Waals surface area contributed by atoms with Gasteiger partial charge >= 0.3 is 0 Å². The Morgan fingerprint density at radius 3 is 2.35 bits per heavy atom. The lowest BCUT2D eigenvalue weighted by atomic mass is 9.97. The van der Waals surface area contributed by atoms with Crippen molar-refractivity contribution in [3.63, 3.8) is 0 Å². The van der Waals surface area contributed by atoms with Gasteiger partial charge in [0.25, 0.3) is 0 Å². The fourth-order valence-corrected chi connectivity index (χ4v) is 2.64. The maximum atomic E-state index is 13.0. The van der Waals surface area contributed by atoms with E-state index in [1.54, 1.807) is 6.07 Å². The Balaban J connectivity index is 2.15. The fraction of sp³-hybridized carbons (Fsp3) is 0.667. The summed E-state index contributed by atoms with van der Waals surface area (Å²) >= 11 is 0. The van der Waals surface area contributed by atoms with E-state index in [9.17, 15) is 4.39 Å². The summed E-state index contributed by atoms with van der Waals surface area (Å²) in [6.07, 6.45) is 11.2. The van der Waals surface area contributed by atoms with Gasteiger partial charge < -0.3 is 5.73 Å². The third-order valence-electron chi connectivity index (χ3n) is 3.97. The molecule has 1 rings (SSSR count). The molecule has 20 heavy (non-hydrogen) atoms. The van der Waals surface area contributed by atoms with Crippen molar-refractivity contribution in [3.05, 3.63) is 35.1 Å². The molecule has 1 atom stereocenters. The molecule has 1 unspecified atom stereocenters. The monoisotopic (exact) mass is 279 g/mol. The number of unbranched alkanes of at least 4 members (excludes halogenated alkanes) is 6. The number of aryl methyl sites for hydroxylation is 1. The summed E-state index contributed by atoms with van der Waals surface area (Å²) < 4.78 is 13.0. The lowest BCUT2D eigenvalue weighted by molar-refractivity contribution is 0.527. The molecular weight excluding hydrogens is 249 g/mol. The number of hydrogen-bond acceptors (Lipinski definition) is 1. The largest absolute Gasteiger partial charge is 0.327 e. The highest BCUT2D eigenvalue weighted by Gasteiger charge is 2.07. The molecule has 0 amide bonds. The fourth-order valence-electron chi connectivity index (χ4n) is 2.64. The van der Waals surface area contributed by atoms with Crippen LogP contribution in [0.1, 0.15) is 69.4 Å². The van der Waals surface area contributed by atoms with Crippen LogP contribution in [0.2, 0.25) is 0 Å². The van der Waals surface area contributed by atoms with Crippen LogP contribution in [0.4, 0.5) is 4.39 Å². The lowest BCUT2D eigenvalue weighted by Gasteiger charge is -2.13. The Hall–Kier alpha value is -0.890. The van der Waals surface area contributed by atoms with Gasteiger partial charge in [0.15, 0.2) is 0 Å². The first-order valence-corrected chi connectivity index (χ1v) is 8.14. The second-order valence-corrected chi connectivity index (χ2v) is 5.95. The molecule has 0 aromatic heterocycles. The maximum absolute atomic E-state index is 13.0. The second kappa shape index (κ2) is 9.93. The zero-order valence-electron chi connectivity index (χ0n) is 13.1. The van der Waals surface area contributed by atoms with Crippen molar-refractivity contribution < 1.29 is 4.39 Å². The Kier molecular flexibility index (Phi) is 8.52. The number of benzene rings is 1. The highest BCUT2D eigenvalue weighted by Crippen LogP contribution is 2.15. The number of nitrogens with two attached hydrogens (primary N) is 1. The summed E-state index contributed by atoms with van der Waals surface area (Å²) in [4.78, 5) is 0. The standard InChI is InChI=1S/C18H30FN/c1-3-4-5-6-7-8-9-10-18(20)14-16-11-12-17(19)13-15(16)2/h11-13,18H,3-10,14,20H2,1-2H3. The van der Waals surface area contributed by atoms with Crippen LogP contribution in [0.15, 0.2) is 18.2 Å². The number of halogens is 1. The quantitative estimate of drug-likeness (QED) is 0.589. The van der Waals surface area contributed by atoms with E-state index in [0.717, 1.165) is 18.4 Å². The number of hydrogen-bond donors (Lipinski definition) is 1. The van der Waals surface area contributed by atoms with Crippen molar-refractivity contribution >= 4 is 0 Å². The first-order valence-electron chi connectivity index (χ1n) is 8.14. The molecular formula is C18H30FN. The van der Waals surface area contributed by atoms with Crippen LogP contribution in [-0.4, -0.2) is 6.04 Å². The molecule has 114 valence electrons. The normalized spacial score (nSPS) is 12.6. The van der Waals surface area contributed by atoms with Gasteiger partial charge in [-0.2, -0.15) is 0 Å². The van der Waals surface area contributed by atoms with E-state index in [2.05, 4.69) is 6.92 Å². The molecule has 1 nitrogen and oxygen atoms in total. The van der Waals surface area contributed by atoms with Gasteiger partial charge in [-0.25, -0.2) is 4.39 Å². The highest BCUT2D eigenvalue weighted by atomic mass is 19.1. The van der Waals surface area contributed by atoms with Crippen LogP contribution in [0.3, 0.4) is 0 Å². The van der Waals surface area contributed by atoms with Crippen LogP contribution in [0, 0.1) is 12.7 Å². The highest BCUT2D eigenvalue weighted by molar-refractivity contribution is 5.27. The van der Waals surface area contributed by atoms with E-state index < -0.39 is 0 Å². The van der Waals surface area contributed by atoms with Crippen LogP contribution >= 0.6 is 0 Å². The Labute approximate surface area is 123 Å². The zero-order chi connectivity index (χ0) is 14.8. The molecule has 0 aliphatic heterocycles. The van der Waals surface area contributed by atoms with Crippen molar-refractivity contribution in [1.29, 1.82) is 0 Å². The molecule has 0 heterocycles. The first-order chi connectivity index (χ1) is 9.63. The maximum Gasteiger partial charge on any atom is 0.123 e. The van der Waals surface area contributed by atoms with Gasteiger partial charge in [0.05, 0.1) is 0 Å². The minimum Gasteiger partial charge on any atom is -0.327 e. The van der Waals surface area contributed by atoms with Gasteiger partial charge in [0, 0.05) is 6.04 Å². The molecule has 0 spiro atoms. The summed E-state index contributed by atoms with van der Waals surface area (Å²) in [5, 5.41) is 0. The van der Waals surface area contributed by atoms with Crippen LogP contribution in [-0.2, 0) is 6.42 Å². The molecule has 0 saturated heterocycles. The molecule has 0 aliphatic carbocycles. The van der Waals surface area contributed by atoms with Crippen LogP contribution in [0.25, 0.3) is 0 Å². The molecule has 1 aromatic rings. The van der Waals surface area contributed by atoms with Gasteiger partial charge in [-0.1, -0.05) is 57.9 Å². The Bertz CT molecular complexity index is 376. The smallest absolute Gasteiger partial charge is 0.123 e. The van der Waals surface area contributed by atoms with E-state index in [0.29, 0.717) is 0 Å². The predicted molar refractivity (Wildman–Crippen MR) is 85.4 cm³/mol. The van der Waals surface area contributed by atoms with Crippen LogP contribution < -0.4 is 5.73 Å². The summed E-state index contributed by atoms with van der Waals surface area (Å²) in [5.74, 6) is -0.160.